The molecule has 0 unspecified atom stereocenters. The molecule has 3 rings (SSSR count). The van der Waals surface area contributed by atoms with Crippen LogP contribution in [0, 0.1) is 11.6 Å². The number of nitrogens with two attached hydrogens (primary N) is 1. The van der Waals surface area contributed by atoms with Gasteiger partial charge in [0.25, 0.3) is 0 Å². The lowest BCUT2D eigenvalue weighted by Gasteiger charge is -2.09. The van der Waals surface area contributed by atoms with E-state index >= 15 is 0 Å². The van der Waals surface area contributed by atoms with Gasteiger partial charge in [-0.15, -0.1) is 0 Å². The molecular formula is C14H10BrF2N3O. The van der Waals surface area contributed by atoms with Crippen LogP contribution in [-0.2, 0) is 6.54 Å². The van der Waals surface area contributed by atoms with Gasteiger partial charge in [0.15, 0.2) is 4.73 Å². The number of halogens is 3. The first kappa shape index (κ1) is 13.8. The van der Waals surface area contributed by atoms with Crippen molar-refractivity contribution < 1.29 is 13.9 Å². The summed E-state index contributed by atoms with van der Waals surface area (Å²) in [5, 5.41) is 9.64. The second-order valence-corrected chi connectivity index (χ2v) is 5.28. The van der Waals surface area contributed by atoms with Crippen molar-refractivity contribution >= 4 is 32.7 Å². The molecule has 1 heterocycles. The maximum atomic E-state index is 13.8. The third kappa shape index (κ3) is 2.33. The van der Waals surface area contributed by atoms with Crippen molar-refractivity contribution in [3.8, 4) is 5.75 Å². The maximum Gasteiger partial charge on any atom is 0.178 e. The smallest absolute Gasteiger partial charge is 0.178 e. The number of imidazole rings is 1. The van der Waals surface area contributed by atoms with E-state index < -0.39 is 11.6 Å². The van der Waals surface area contributed by atoms with E-state index in [9.17, 15) is 13.9 Å². The van der Waals surface area contributed by atoms with Gasteiger partial charge < -0.3 is 15.4 Å². The van der Waals surface area contributed by atoms with Crippen molar-refractivity contribution in [1.82, 2.24) is 9.55 Å². The van der Waals surface area contributed by atoms with E-state index in [2.05, 4.69) is 20.9 Å². The van der Waals surface area contributed by atoms with Crippen molar-refractivity contribution in [2.24, 2.45) is 0 Å². The molecule has 0 radical (unpaired) electrons. The van der Waals surface area contributed by atoms with E-state index in [0.29, 0.717) is 21.5 Å². The molecule has 1 aromatic heterocycles. The average Bonchev–Trinajstić information content (AvgIpc) is 2.71. The Hall–Kier alpha value is -2.15. The van der Waals surface area contributed by atoms with Crippen LogP contribution in [0.15, 0.2) is 35.1 Å². The minimum atomic E-state index is -0.642. The Morgan fingerprint density at radius 2 is 1.90 bits per heavy atom. The van der Waals surface area contributed by atoms with Crippen molar-refractivity contribution in [2.75, 3.05) is 5.73 Å². The number of anilines is 1. The SMILES string of the molecule is Nc1cc(O)cc2c1nc(Br)n2Cc1c(F)cccc1F. The third-order valence-corrected chi connectivity index (χ3v) is 3.80. The Balaban J connectivity index is 2.19. The number of rotatable bonds is 2. The van der Waals surface area contributed by atoms with Crippen molar-refractivity contribution in [3.63, 3.8) is 0 Å². The molecule has 0 aliphatic heterocycles. The normalized spacial score (nSPS) is 11.2. The number of fused-ring (bicyclic) bond motifs is 1. The standard InChI is InChI=1S/C14H10BrF2N3O/c15-14-19-13-11(18)4-7(21)5-12(13)20(14)6-8-9(16)2-1-3-10(8)17/h1-5,21H,6,18H2. The Labute approximate surface area is 127 Å². The zero-order valence-corrected chi connectivity index (χ0v) is 12.2. The molecule has 3 N–H and O–H groups in total. The molecule has 4 nitrogen and oxygen atoms in total. The fourth-order valence-corrected chi connectivity index (χ4v) is 2.69. The van der Waals surface area contributed by atoms with Crippen LogP contribution in [-0.4, -0.2) is 14.7 Å². The summed E-state index contributed by atoms with van der Waals surface area (Å²) in [6, 6.07) is 6.51. The summed E-state index contributed by atoms with van der Waals surface area (Å²) in [5.74, 6) is -1.32. The number of phenols is 1. The summed E-state index contributed by atoms with van der Waals surface area (Å²) in [4.78, 5) is 4.21. The van der Waals surface area contributed by atoms with Gasteiger partial charge in [-0.05, 0) is 28.1 Å². The molecule has 0 saturated carbocycles. The number of aromatic nitrogens is 2. The first-order valence-corrected chi connectivity index (χ1v) is 6.84. The molecule has 21 heavy (non-hydrogen) atoms. The average molecular weight is 354 g/mol. The Morgan fingerprint density at radius 1 is 1.24 bits per heavy atom. The van der Waals surface area contributed by atoms with E-state index in [1.54, 1.807) is 0 Å². The van der Waals surface area contributed by atoms with Crippen molar-refractivity contribution in [2.45, 2.75) is 6.54 Å². The maximum absolute atomic E-state index is 13.8. The van der Waals surface area contributed by atoms with Crippen LogP contribution >= 0.6 is 15.9 Å². The quantitative estimate of drug-likeness (QED) is 0.694. The number of nitrogens with zero attached hydrogens (tertiary/aromatic N) is 2. The highest BCUT2D eigenvalue weighted by Gasteiger charge is 2.16. The van der Waals surface area contributed by atoms with Crippen molar-refractivity contribution in [3.05, 3.63) is 52.3 Å². The fourth-order valence-electron chi connectivity index (χ4n) is 2.20. The number of hydrogen-bond acceptors (Lipinski definition) is 3. The minimum absolute atomic E-state index is 0.0392. The molecule has 0 aliphatic carbocycles. The summed E-state index contributed by atoms with van der Waals surface area (Å²) >= 11 is 3.24. The molecule has 0 fully saturated rings. The predicted molar refractivity (Wildman–Crippen MR) is 79.0 cm³/mol. The van der Waals surface area contributed by atoms with Gasteiger partial charge in [0.1, 0.15) is 22.9 Å². The predicted octanol–water partition coefficient (Wildman–Crippen LogP) is 3.41. The number of nitrogen functional groups attached to an aromatic ring is 1. The first-order chi connectivity index (χ1) is 9.97. The summed E-state index contributed by atoms with van der Waals surface area (Å²) in [6.07, 6.45) is 0. The summed E-state index contributed by atoms with van der Waals surface area (Å²) in [7, 11) is 0. The van der Waals surface area contributed by atoms with Gasteiger partial charge in [-0.1, -0.05) is 6.07 Å². The molecular weight excluding hydrogens is 344 g/mol. The van der Waals surface area contributed by atoms with Crippen LogP contribution in [0.1, 0.15) is 5.56 Å². The third-order valence-electron chi connectivity index (χ3n) is 3.20. The highest BCUT2D eigenvalue weighted by Crippen LogP contribution is 2.30. The second kappa shape index (κ2) is 5.00. The minimum Gasteiger partial charge on any atom is -0.508 e. The largest absolute Gasteiger partial charge is 0.508 e. The highest BCUT2D eigenvalue weighted by molar-refractivity contribution is 9.10. The molecule has 7 heteroatoms. The number of hydrogen-bond donors (Lipinski definition) is 2. The molecule has 0 atom stereocenters. The van der Waals surface area contributed by atoms with E-state index in [-0.39, 0.29) is 17.9 Å². The van der Waals surface area contributed by atoms with Gasteiger partial charge >= 0.3 is 0 Å². The lowest BCUT2D eigenvalue weighted by atomic mass is 10.2. The molecule has 2 aromatic carbocycles. The summed E-state index contributed by atoms with van der Waals surface area (Å²) < 4.78 is 29.4. The van der Waals surface area contributed by atoms with E-state index in [1.165, 1.54) is 34.9 Å². The lowest BCUT2D eigenvalue weighted by Crippen LogP contribution is -2.05. The van der Waals surface area contributed by atoms with Gasteiger partial charge in [0, 0.05) is 17.7 Å². The van der Waals surface area contributed by atoms with E-state index in [1.807, 2.05) is 0 Å². The highest BCUT2D eigenvalue weighted by atomic mass is 79.9. The molecule has 0 saturated heterocycles. The number of aromatic hydroxyl groups is 1. The van der Waals surface area contributed by atoms with Gasteiger partial charge in [-0.25, -0.2) is 13.8 Å². The van der Waals surface area contributed by atoms with Gasteiger partial charge in [-0.2, -0.15) is 0 Å². The summed E-state index contributed by atoms with van der Waals surface area (Å²) in [6.45, 7) is -0.0709. The Bertz CT molecular complexity index is 828. The van der Waals surface area contributed by atoms with Crippen LogP contribution in [0.3, 0.4) is 0 Å². The van der Waals surface area contributed by atoms with Crippen LogP contribution in [0.5, 0.6) is 5.75 Å². The molecule has 0 amide bonds. The van der Waals surface area contributed by atoms with Crippen LogP contribution in [0.2, 0.25) is 0 Å². The van der Waals surface area contributed by atoms with Gasteiger partial charge in [0.05, 0.1) is 17.7 Å². The molecule has 3 aromatic rings. The topological polar surface area (TPSA) is 64.1 Å². The van der Waals surface area contributed by atoms with E-state index in [4.69, 9.17) is 5.73 Å². The molecule has 108 valence electrons. The number of phenolic OH excluding ortho intramolecular Hbond substituents is 1. The monoisotopic (exact) mass is 353 g/mol. The van der Waals surface area contributed by atoms with Gasteiger partial charge in [0.2, 0.25) is 0 Å². The van der Waals surface area contributed by atoms with Crippen LogP contribution in [0.25, 0.3) is 11.0 Å². The first-order valence-electron chi connectivity index (χ1n) is 6.04. The van der Waals surface area contributed by atoms with Crippen LogP contribution < -0.4 is 5.73 Å². The second-order valence-electron chi connectivity index (χ2n) is 4.57. The fraction of sp³-hybridized carbons (Fsp3) is 0.0714. The lowest BCUT2D eigenvalue weighted by molar-refractivity contribution is 0.476. The zero-order valence-electron chi connectivity index (χ0n) is 10.6. The molecule has 0 aliphatic rings. The number of benzene rings is 2. The van der Waals surface area contributed by atoms with Crippen LogP contribution in [0.4, 0.5) is 14.5 Å². The van der Waals surface area contributed by atoms with Gasteiger partial charge in [-0.3, -0.25) is 0 Å². The Kier molecular flexibility index (Phi) is 3.29. The molecule has 0 spiro atoms. The molecule has 0 bridgehead atoms. The summed E-state index contributed by atoms with van der Waals surface area (Å²) in [5.41, 5.74) is 6.94. The van der Waals surface area contributed by atoms with E-state index in [0.717, 1.165) is 0 Å². The van der Waals surface area contributed by atoms with Crippen molar-refractivity contribution in [1.29, 1.82) is 0 Å². The Morgan fingerprint density at radius 3 is 2.57 bits per heavy atom. The zero-order chi connectivity index (χ0) is 15.1.